The van der Waals surface area contributed by atoms with Gasteiger partial charge in [-0.3, -0.25) is 5.10 Å². The molecule has 4 heteroatoms. The molecule has 3 nitrogen and oxygen atoms in total. The Balaban J connectivity index is 0.000000640. The van der Waals surface area contributed by atoms with Crippen LogP contribution in [0.2, 0.25) is 0 Å². The van der Waals surface area contributed by atoms with E-state index in [0.717, 1.165) is 5.69 Å². The van der Waals surface area contributed by atoms with E-state index in [1.165, 1.54) is 0 Å². The van der Waals surface area contributed by atoms with Gasteiger partial charge in [-0.25, -0.2) is 0 Å². The van der Waals surface area contributed by atoms with Gasteiger partial charge < -0.3 is 11.3 Å². The van der Waals surface area contributed by atoms with Gasteiger partial charge in [0.2, 0.25) is 0 Å². The zero-order valence-electron chi connectivity index (χ0n) is 5.97. The molecule has 1 heterocycles. The minimum Gasteiger partial charge on any atom is -0.352 e. The fraction of sp³-hybridized carbons (Fsp3) is 0.600. The van der Waals surface area contributed by atoms with Crippen LogP contribution in [0.3, 0.4) is 0 Å². The molecule has 44 valence electrons. The molecule has 0 radical (unpaired) electrons. The van der Waals surface area contributed by atoms with Gasteiger partial charge in [0.25, 0.3) is 0 Å². The summed E-state index contributed by atoms with van der Waals surface area (Å²) in [4.78, 5) is 0. The molecule has 9 heavy (non-hydrogen) atoms. The maximum Gasteiger partial charge on any atom is 1.00 e. The first kappa shape index (κ1) is 9.95. The van der Waals surface area contributed by atoms with Crippen LogP contribution in [0.15, 0.2) is 0 Å². The van der Waals surface area contributed by atoms with E-state index < -0.39 is 0 Å². The second kappa shape index (κ2) is 4.71. The summed E-state index contributed by atoms with van der Waals surface area (Å²) in [6, 6.07) is 0. The number of nitrogens with one attached hydrogen (secondary N) is 1. The van der Waals surface area contributed by atoms with Crippen LogP contribution in [0.5, 0.6) is 0 Å². The molecule has 0 atom stereocenters. The molecule has 1 aromatic rings. The average Bonchev–Trinajstić information content (AvgIpc) is 2.12. The first-order valence-corrected chi connectivity index (χ1v) is 2.59. The summed E-state index contributed by atoms with van der Waals surface area (Å²) in [7, 11) is 0. The van der Waals surface area contributed by atoms with Gasteiger partial charge in [0, 0.05) is 0 Å². The summed E-state index contributed by atoms with van der Waals surface area (Å²) in [5.74, 6) is 0.449. The van der Waals surface area contributed by atoms with Crippen molar-refractivity contribution in [1.29, 1.82) is 0 Å². The van der Waals surface area contributed by atoms with Crippen molar-refractivity contribution in [3.63, 3.8) is 0 Å². The smallest absolute Gasteiger partial charge is 0.352 e. The second-order valence-corrected chi connectivity index (χ2v) is 1.99. The molecule has 0 aliphatic rings. The van der Waals surface area contributed by atoms with Gasteiger partial charge >= 0.3 is 58.2 Å². The van der Waals surface area contributed by atoms with Crippen molar-refractivity contribution in [2.75, 3.05) is 0 Å². The maximum absolute atomic E-state index is 3.51. The van der Waals surface area contributed by atoms with Crippen LogP contribution in [0.1, 0.15) is 25.5 Å². The third-order valence-corrected chi connectivity index (χ3v) is 0.968. The largest absolute Gasteiger partial charge is 1.00 e. The molecule has 0 aliphatic carbocycles. The Morgan fingerprint density at radius 1 is 1.56 bits per heavy atom. The van der Waals surface area contributed by atoms with Crippen molar-refractivity contribution in [2.45, 2.75) is 19.8 Å². The molecule has 1 aromatic heterocycles. The molecule has 0 bridgehead atoms. The number of hydrogen-bond donors (Lipinski definition) is 1. The first-order valence-electron chi connectivity index (χ1n) is 2.59. The number of aromatic amines is 1. The van der Waals surface area contributed by atoms with Crippen LogP contribution >= 0.6 is 0 Å². The van der Waals surface area contributed by atoms with Crippen molar-refractivity contribution in [3.8, 4) is 0 Å². The Hall–Kier alpha value is 0.945. The van der Waals surface area contributed by atoms with Crippen LogP contribution < -0.4 is 58.2 Å². The van der Waals surface area contributed by atoms with Gasteiger partial charge in [0.15, 0.2) is 0 Å². The molecule has 0 fully saturated rings. The van der Waals surface area contributed by atoms with Gasteiger partial charge in [0.05, 0.1) is 0 Å². The van der Waals surface area contributed by atoms with E-state index in [4.69, 9.17) is 0 Å². The average molecular weight is 196 g/mol. The van der Waals surface area contributed by atoms with Gasteiger partial charge in [-0.2, -0.15) is 0 Å². The minimum absolute atomic E-state index is 0. The van der Waals surface area contributed by atoms with Gasteiger partial charge in [0.1, 0.15) is 0 Å². The molecule has 0 saturated heterocycles. The molecule has 0 saturated carbocycles. The molecule has 1 N–H and O–H groups in total. The van der Waals surface area contributed by atoms with E-state index in [1.54, 1.807) is 0 Å². The Labute approximate surface area is 103 Å². The van der Waals surface area contributed by atoms with E-state index >= 15 is 0 Å². The van der Waals surface area contributed by atoms with E-state index in [0.29, 0.717) is 5.92 Å². The summed E-state index contributed by atoms with van der Waals surface area (Å²) in [6.07, 6.45) is 2.72. The molecule has 1 rings (SSSR count). The fourth-order valence-electron chi connectivity index (χ4n) is 0.441. The van der Waals surface area contributed by atoms with Crippen LogP contribution in [0, 0.1) is 6.20 Å². The molecule has 0 aromatic carbocycles. The number of rotatable bonds is 1. The predicted octanol–water partition coefficient (Wildman–Crippen LogP) is -2.27. The van der Waals surface area contributed by atoms with Crippen molar-refractivity contribution >= 4 is 0 Å². The summed E-state index contributed by atoms with van der Waals surface area (Å²) < 4.78 is 0. The minimum atomic E-state index is 0. The summed E-state index contributed by atoms with van der Waals surface area (Å²) >= 11 is 0. The Morgan fingerprint density at radius 3 is 2.44 bits per heavy atom. The SMILES string of the molecule is CC(C)c1[c-]nn[nH]1.[Rb+]. The molecule has 0 aliphatic heterocycles. The molecular formula is C5H8N3Rb. The van der Waals surface area contributed by atoms with Crippen molar-refractivity contribution in [2.24, 2.45) is 0 Å². The summed E-state index contributed by atoms with van der Waals surface area (Å²) in [6.45, 7) is 4.12. The number of aromatic nitrogens is 3. The Bertz CT molecular complexity index is 147. The predicted molar refractivity (Wildman–Crippen MR) is 29.3 cm³/mol. The van der Waals surface area contributed by atoms with Crippen molar-refractivity contribution < 1.29 is 58.2 Å². The van der Waals surface area contributed by atoms with Gasteiger partial charge in [-0.1, -0.05) is 13.8 Å². The van der Waals surface area contributed by atoms with Crippen LogP contribution in [0.4, 0.5) is 0 Å². The Kier molecular flexibility index (Phi) is 5.21. The maximum atomic E-state index is 3.51. The molecule has 0 amide bonds. The molecular weight excluding hydrogens is 188 g/mol. The zero-order valence-corrected chi connectivity index (χ0v) is 10.9. The number of H-pyrrole nitrogens is 1. The van der Waals surface area contributed by atoms with E-state index in [9.17, 15) is 0 Å². The summed E-state index contributed by atoms with van der Waals surface area (Å²) in [5.41, 5.74) is 0.963. The van der Waals surface area contributed by atoms with E-state index in [2.05, 4.69) is 35.5 Å². The van der Waals surface area contributed by atoms with Crippen LogP contribution in [-0.4, -0.2) is 15.4 Å². The Morgan fingerprint density at radius 2 is 2.22 bits per heavy atom. The standard InChI is InChI=1S/C5H8N3.Rb/c1-4(2)5-3-6-8-7-5;/h4H,1-2H3,(H,6,7,8);/q-1;+1. The summed E-state index contributed by atoms with van der Waals surface area (Å²) in [5, 5.41) is 9.75. The number of hydrogen-bond acceptors (Lipinski definition) is 2. The van der Waals surface area contributed by atoms with Crippen LogP contribution in [0.25, 0.3) is 0 Å². The van der Waals surface area contributed by atoms with Gasteiger partial charge in [-0.05, 0) is 5.92 Å². The van der Waals surface area contributed by atoms with E-state index in [-0.39, 0.29) is 58.2 Å². The normalized spacial score (nSPS) is 9.22. The molecule has 0 unspecified atom stereocenters. The topological polar surface area (TPSA) is 41.6 Å². The molecule has 0 spiro atoms. The monoisotopic (exact) mass is 195 g/mol. The third-order valence-electron chi connectivity index (χ3n) is 0.968. The van der Waals surface area contributed by atoms with Crippen LogP contribution in [-0.2, 0) is 0 Å². The second-order valence-electron chi connectivity index (χ2n) is 1.99. The van der Waals surface area contributed by atoms with Crippen molar-refractivity contribution in [3.05, 3.63) is 11.9 Å². The quantitative estimate of drug-likeness (QED) is 0.514. The first-order chi connectivity index (χ1) is 3.80. The van der Waals surface area contributed by atoms with E-state index in [1.807, 2.05) is 0 Å². The zero-order chi connectivity index (χ0) is 5.98. The third kappa shape index (κ3) is 3.02. The van der Waals surface area contributed by atoms with Crippen molar-refractivity contribution in [1.82, 2.24) is 15.4 Å². The van der Waals surface area contributed by atoms with Gasteiger partial charge in [-0.15, -0.1) is 10.9 Å². The fourth-order valence-corrected chi connectivity index (χ4v) is 0.441. The number of nitrogens with zero attached hydrogens (tertiary/aromatic N) is 2.